The molecule has 4 aromatic rings. The number of fused-ring (bicyclic) bond motifs is 1. The van der Waals surface area contributed by atoms with Crippen molar-refractivity contribution in [3.63, 3.8) is 0 Å². The van der Waals surface area contributed by atoms with Crippen LogP contribution in [0.4, 0.5) is 0 Å². The summed E-state index contributed by atoms with van der Waals surface area (Å²) in [4.78, 5) is 21.0. The van der Waals surface area contributed by atoms with E-state index >= 15 is 0 Å². The second-order valence-corrected chi connectivity index (χ2v) is 7.89. The van der Waals surface area contributed by atoms with Crippen LogP contribution < -0.4 is 5.14 Å². The number of H-pyrrole nitrogens is 1. The summed E-state index contributed by atoms with van der Waals surface area (Å²) >= 11 is 10.7. The van der Waals surface area contributed by atoms with Crippen molar-refractivity contribution in [1.29, 1.82) is 0 Å². The third-order valence-corrected chi connectivity index (χ3v) is 5.93. The standard InChI is InChI=1S/C20H13Cl2N3O2S/c21-16-6-2-5-14(18(16)22)19(26)15-10-25-20-17(15)13(7-8-24-20)11-3-1-4-12(9-11)28(23)27/h1-10H,23H2,(H,24,25). The van der Waals surface area contributed by atoms with Gasteiger partial charge in [0.25, 0.3) is 0 Å². The summed E-state index contributed by atoms with van der Waals surface area (Å²) in [6.45, 7) is 0. The van der Waals surface area contributed by atoms with E-state index < -0.39 is 11.4 Å². The van der Waals surface area contributed by atoms with Gasteiger partial charge in [-0.2, -0.15) is 0 Å². The molecule has 0 amide bonds. The van der Waals surface area contributed by atoms with Crippen molar-refractivity contribution < 1.29 is 9.35 Å². The number of carbonyl (C=O) groups excluding carboxylic acids is 1. The van der Waals surface area contributed by atoms with Crippen molar-refractivity contribution in [2.75, 3.05) is 0 Å². The maximum Gasteiger partial charge on any atom is 0.196 e. The maximum absolute atomic E-state index is 13.2. The molecule has 8 heteroatoms. The van der Waals surface area contributed by atoms with Crippen LogP contribution >= 0.6 is 23.2 Å². The molecule has 0 aliphatic rings. The molecule has 0 aliphatic carbocycles. The molecule has 0 fully saturated rings. The summed E-state index contributed by atoms with van der Waals surface area (Å²) in [7, 11) is 0. The summed E-state index contributed by atoms with van der Waals surface area (Å²) in [5.74, 6) is -0.272. The Morgan fingerprint density at radius 2 is 1.89 bits per heavy atom. The summed E-state index contributed by atoms with van der Waals surface area (Å²) in [5, 5.41) is 6.67. The van der Waals surface area contributed by atoms with Gasteiger partial charge in [0.2, 0.25) is 0 Å². The van der Waals surface area contributed by atoms with Gasteiger partial charge in [-0.25, -0.2) is 4.98 Å². The van der Waals surface area contributed by atoms with Gasteiger partial charge in [0.15, 0.2) is 10.7 Å². The number of hydrogen-bond donors (Lipinski definition) is 2. The molecule has 2 aromatic carbocycles. The van der Waals surface area contributed by atoms with Crippen LogP contribution in [0.15, 0.2) is 65.8 Å². The quantitative estimate of drug-likeness (QED) is 0.361. The van der Waals surface area contributed by atoms with Gasteiger partial charge in [-0.3, -0.25) is 4.79 Å². The molecule has 2 aromatic heterocycles. The largest absolute Gasteiger partial charge is 0.593 e. The number of benzene rings is 2. The number of carbonyl (C=O) groups is 1. The smallest absolute Gasteiger partial charge is 0.196 e. The van der Waals surface area contributed by atoms with E-state index in [0.29, 0.717) is 32.1 Å². The van der Waals surface area contributed by atoms with E-state index in [1.54, 1.807) is 54.9 Å². The molecule has 1 unspecified atom stereocenters. The van der Waals surface area contributed by atoms with E-state index in [0.717, 1.165) is 11.1 Å². The van der Waals surface area contributed by atoms with E-state index in [1.807, 2.05) is 6.07 Å². The number of ketones is 1. The number of halogens is 2. The van der Waals surface area contributed by atoms with Crippen molar-refractivity contribution in [2.24, 2.45) is 5.14 Å². The first kappa shape index (κ1) is 19.0. The number of rotatable bonds is 4. The molecular weight excluding hydrogens is 417 g/mol. The molecule has 4 rings (SSSR count). The normalized spacial score (nSPS) is 12.3. The van der Waals surface area contributed by atoms with Crippen LogP contribution in [0.2, 0.25) is 10.0 Å². The number of hydrogen-bond acceptors (Lipinski definition) is 4. The molecule has 0 bridgehead atoms. The monoisotopic (exact) mass is 429 g/mol. The first-order valence-corrected chi connectivity index (χ1v) is 10.2. The minimum absolute atomic E-state index is 0.203. The van der Waals surface area contributed by atoms with E-state index in [9.17, 15) is 9.35 Å². The maximum atomic E-state index is 13.2. The summed E-state index contributed by atoms with van der Waals surface area (Å²) in [6.07, 6.45) is 3.24. The van der Waals surface area contributed by atoms with Crippen molar-refractivity contribution in [1.82, 2.24) is 9.97 Å². The molecule has 2 heterocycles. The van der Waals surface area contributed by atoms with Gasteiger partial charge < -0.3 is 9.54 Å². The van der Waals surface area contributed by atoms with E-state index in [-0.39, 0.29) is 10.8 Å². The molecule has 5 nitrogen and oxygen atoms in total. The Hall–Kier alpha value is -2.35. The Morgan fingerprint density at radius 3 is 2.68 bits per heavy atom. The number of nitrogens with two attached hydrogens (primary N) is 1. The molecule has 0 aliphatic heterocycles. The van der Waals surface area contributed by atoms with E-state index in [1.165, 1.54) is 0 Å². The van der Waals surface area contributed by atoms with Gasteiger partial charge in [0.1, 0.15) is 5.65 Å². The number of aromatic amines is 1. The van der Waals surface area contributed by atoms with Gasteiger partial charge in [-0.15, -0.1) is 5.14 Å². The van der Waals surface area contributed by atoms with Crippen LogP contribution in [0.1, 0.15) is 15.9 Å². The fourth-order valence-electron chi connectivity index (χ4n) is 3.09. The Bertz CT molecular complexity index is 1210. The fraction of sp³-hybridized carbons (Fsp3) is 0. The van der Waals surface area contributed by atoms with Gasteiger partial charge in [0.05, 0.1) is 27.0 Å². The van der Waals surface area contributed by atoms with Crippen LogP contribution in [0, 0.1) is 0 Å². The molecular formula is C20H13Cl2N3O2S. The molecule has 0 saturated carbocycles. The van der Waals surface area contributed by atoms with Gasteiger partial charge in [0, 0.05) is 29.4 Å². The molecule has 28 heavy (non-hydrogen) atoms. The minimum atomic E-state index is -1.61. The highest BCUT2D eigenvalue weighted by Gasteiger charge is 2.21. The van der Waals surface area contributed by atoms with Crippen molar-refractivity contribution >= 4 is 51.4 Å². The predicted octanol–water partition coefficient (Wildman–Crippen LogP) is 4.75. The van der Waals surface area contributed by atoms with Crippen LogP contribution in [-0.2, 0) is 11.4 Å². The second-order valence-electron chi connectivity index (χ2n) is 6.04. The first-order chi connectivity index (χ1) is 13.5. The molecule has 140 valence electrons. The Labute approximate surface area is 173 Å². The average molecular weight is 430 g/mol. The van der Waals surface area contributed by atoms with E-state index in [2.05, 4.69) is 9.97 Å². The number of aromatic nitrogens is 2. The van der Waals surface area contributed by atoms with Crippen LogP contribution in [-0.4, -0.2) is 20.3 Å². The summed E-state index contributed by atoms with van der Waals surface area (Å²) < 4.78 is 11.7. The third-order valence-electron chi connectivity index (χ3n) is 4.39. The highest BCUT2D eigenvalue weighted by atomic mass is 35.5. The topological polar surface area (TPSA) is 94.8 Å². The molecule has 0 spiro atoms. The zero-order chi connectivity index (χ0) is 19.8. The second kappa shape index (κ2) is 7.58. The number of nitrogens with one attached hydrogen (secondary N) is 1. The summed E-state index contributed by atoms with van der Waals surface area (Å²) in [6, 6.07) is 13.8. The lowest BCUT2D eigenvalue weighted by Crippen LogP contribution is -2.12. The lowest BCUT2D eigenvalue weighted by atomic mass is 9.97. The average Bonchev–Trinajstić information content (AvgIpc) is 3.14. The fourth-order valence-corrected chi connectivity index (χ4v) is 3.93. The lowest BCUT2D eigenvalue weighted by Gasteiger charge is -2.09. The Balaban J connectivity index is 1.92. The predicted molar refractivity (Wildman–Crippen MR) is 112 cm³/mol. The Kier molecular flexibility index (Phi) is 5.14. The van der Waals surface area contributed by atoms with Crippen LogP contribution in [0.3, 0.4) is 0 Å². The zero-order valence-corrected chi connectivity index (χ0v) is 16.6. The molecule has 1 atom stereocenters. The lowest BCUT2D eigenvalue weighted by molar-refractivity contribution is 0.104. The molecule has 0 saturated heterocycles. The highest BCUT2D eigenvalue weighted by molar-refractivity contribution is 7.89. The van der Waals surface area contributed by atoms with E-state index in [4.69, 9.17) is 28.3 Å². The SMILES string of the molecule is N[S+]([O-])c1cccc(-c2ccnc3[nH]cc(C(=O)c4cccc(Cl)c4Cl)c23)c1. The van der Waals surface area contributed by atoms with Crippen molar-refractivity contribution in [2.45, 2.75) is 4.90 Å². The van der Waals surface area contributed by atoms with Crippen molar-refractivity contribution in [3.8, 4) is 11.1 Å². The van der Waals surface area contributed by atoms with Crippen LogP contribution in [0.25, 0.3) is 22.2 Å². The van der Waals surface area contributed by atoms with Gasteiger partial charge in [-0.05, 0) is 35.4 Å². The molecule has 0 radical (unpaired) electrons. The van der Waals surface area contributed by atoms with Crippen LogP contribution in [0.5, 0.6) is 0 Å². The summed E-state index contributed by atoms with van der Waals surface area (Å²) in [5.41, 5.74) is 2.82. The number of nitrogens with zero attached hydrogens (tertiary/aromatic N) is 1. The third kappa shape index (κ3) is 3.30. The Morgan fingerprint density at radius 1 is 1.11 bits per heavy atom. The highest BCUT2D eigenvalue weighted by Crippen LogP contribution is 2.34. The van der Waals surface area contributed by atoms with Gasteiger partial charge in [-0.1, -0.05) is 41.4 Å². The minimum Gasteiger partial charge on any atom is -0.593 e. The first-order valence-electron chi connectivity index (χ1n) is 8.19. The molecule has 3 N–H and O–H groups in total. The van der Waals surface area contributed by atoms with Crippen molar-refractivity contribution in [3.05, 3.63) is 82.1 Å². The zero-order valence-electron chi connectivity index (χ0n) is 14.3. The van der Waals surface area contributed by atoms with Gasteiger partial charge >= 0.3 is 0 Å². The number of pyridine rings is 1.